The average molecular weight is 319 g/mol. The van der Waals surface area contributed by atoms with E-state index in [1.807, 2.05) is 24.5 Å². The summed E-state index contributed by atoms with van der Waals surface area (Å²) in [6.45, 7) is 3.29. The van der Waals surface area contributed by atoms with Crippen LogP contribution in [0, 0.1) is 5.92 Å². The van der Waals surface area contributed by atoms with Crippen molar-refractivity contribution < 1.29 is 4.74 Å². The maximum Gasteiger partial charge on any atom is 0.119 e. The first-order chi connectivity index (χ1) is 11.9. The lowest BCUT2D eigenvalue weighted by Gasteiger charge is -2.08. The van der Waals surface area contributed by atoms with E-state index in [0.29, 0.717) is 6.04 Å². The van der Waals surface area contributed by atoms with E-state index in [1.54, 1.807) is 0 Å². The highest BCUT2D eigenvalue weighted by molar-refractivity contribution is 5.77. The van der Waals surface area contributed by atoms with Crippen LogP contribution in [0.25, 0.3) is 16.7 Å². The van der Waals surface area contributed by atoms with Gasteiger partial charge in [0.05, 0.1) is 17.1 Å². The molecule has 4 nitrogen and oxygen atoms in total. The molecule has 2 fully saturated rings. The number of nitrogens with zero attached hydrogens (tertiary/aromatic N) is 3. The van der Waals surface area contributed by atoms with Crippen molar-refractivity contribution in [2.24, 2.45) is 5.92 Å². The molecule has 0 spiro atoms. The van der Waals surface area contributed by atoms with Gasteiger partial charge in [0.15, 0.2) is 0 Å². The third-order valence-corrected chi connectivity index (χ3v) is 5.03. The summed E-state index contributed by atoms with van der Waals surface area (Å²) in [5.74, 6) is 1.92. The van der Waals surface area contributed by atoms with Crippen LogP contribution in [0.5, 0.6) is 5.75 Å². The summed E-state index contributed by atoms with van der Waals surface area (Å²) in [5, 5.41) is 0. The number of rotatable bonds is 6. The van der Waals surface area contributed by atoms with E-state index in [1.165, 1.54) is 25.9 Å². The van der Waals surface area contributed by atoms with Crippen molar-refractivity contribution in [3.8, 4) is 11.4 Å². The number of fused-ring (bicyclic) bond motifs is 1. The number of ether oxygens (including phenoxy) is 1. The van der Waals surface area contributed by atoms with E-state index in [9.17, 15) is 0 Å². The Morgan fingerprint density at radius 1 is 1.04 bits per heavy atom. The van der Waals surface area contributed by atoms with Gasteiger partial charge in [0.2, 0.25) is 0 Å². The van der Waals surface area contributed by atoms with Gasteiger partial charge in [-0.05, 0) is 55.2 Å². The molecule has 1 aromatic heterocycles. The summed E-state index contributed by atoms with van der Waals surface area (Å²) in [5.41, 5.74) is 3.25. The summed E-state index contributed by atoms with van der Waals surface area (Å²) in [4.78, 5) is 6.98. The fraction of sp³-hybridized carbons (Fsp3) is 0.350. The minimum Gasteiger partial charge on any atom is -0.492 e. The molecule has 24 heavy (non-hydrogen) atoms. The van der Waals surface area contributed by atoms with Gasteiger partial charge in [-0.2, -0.15) is 0 Å². The summed E-state index contributed by atoms with van der Waals surface area (Å²) >= 11 is 0. The number of hydrogen-bond acceptors (Lipinski definition) is 3. The van der Waals surface area contributed by atoms with Crippen molar-refractivity contribution in [1.82, 2.24) is 14.5 Å². The highest BCUT2D eigenvalue weighted by Crippen LogP contribution is 2.33. The largest absolute Gasteiger partial charge is 0.492 e. The Kier molecular flexibility index (Phi) is 3.30. The van der Waals surface area contributed by atoms with E-state index >= 15 is 0 Å². The van der Waals surface area contributed by atoms with E-state index in [-0.39, 0.29) is 0 Å². The molecular weight excluding hydrogens is 298 g/mol. The molecular formula is C20H21N3O. The predicted octanol–water partition coefficient (Wildman–Crippen LogP) is 3.50. The molecule has 2 atom stereocenters. The summed E-state index contributed by atoms with van der Waals surface area (Å²) in [6.07, 6.45) is 4.73. The number of hydrogen-bond donors (Lipinski definition) is 0. The van der Waals surface area contributed by atoms with Crippen molar-refractivity contribution in [3.63, 3.8) is 0 Å². The molecule has 5 rings (SSSR count). The van der Waals surface area contributed by atoms with Crippen LogP contribution in [0.1, 0.15) is 12.8 Å². The standard InChI is InChI=1S/C20H21N3O/c1-2-4-20-19(3-1)21-14-23(20)16-7-9-18(10-8-16)24-13-17-12-22(17)11-15-5-6-15/h1-4,7-10,14-15,17H,5-6,11-13H2. The van der Waals surface area contributed by atoms with Crippen LogP contribution in [0.4, 0.5) is 0 Å². The number of imidazole rings is 1. The quantitative estimate of drug-likeness (QED) is 0.651. The molecule has 2 heterocycles. The maximum atomic E-state index is 5.96. The predicted molar refractivity (Wildman–Crippen MR) is 94.7 cm³/mol. The molecule has 0 N–H and O–H groups in total. The first kappa shape index (κ1) is 14.1. The van der Waals surface area contributed by atoms with Gasteiger partial charge in [0.25, 0.3) is 0 Å². The fourth-order valence-corrected chi connectivity index (χ4v) is 3.30. The van der Waals surface area contributed by atoms with E-state index in [4.69, 9.17) is 4.74 Å². The Hall–Kier alpha value is -2.33. The van der Waals surface area contributed by atoms with Crippen molar-refractivity contribution in [2.45, 2.75) is 18.9 Å². The molecule has 1 saturated carbocycles. The minimum atomic E-state index is 0.628. The average Bonchev–Trinajstić information content (AvgIpc) is 3.54. The molecule has 0 bridgehead atoms. The minimum absolute atomic E-state index is 0.628. The van der Waals surface area contributed by atoms with Crippen LogP contribution in [0.2, 0.25) is 0 Å². The van der Waals surface area contributed by atoms with Gasteiger partial charge in [-0.1, -0.05) is 12.1 Å². The second-order valence-corrected chi connectivity index (χ2v) is 6.96. The Morgan fingerprint density at radius 2 is 1.88 bits per heavy atom. The van der Waals surface area contributed by atoms with E-state index < -0.39 is 0 Å². The molecule has 122 valence electrons. The van der Waals surface area contributed by atoms with Crippen molar-refractivity contribution in [1.29, 1.82) is 0 Å². The van der Waals surface area contributed by atoms with Crippen LogP contribution in [-0.2, 0) is 0 Å². The molecule has 4 heteroatoms. The second kappa shape index (κ2) is 5.64. The number of para-hydroxylation sites is 2. The smallest absolute Gasteiger partial charge is 0.119 e. The zero-order valence-corrected chi connectivity index (χ0v) is 13.6. The Labute approximate surface area is 141 Å². The van der Waals surface area contributed by atoms with Gasteiger partial charge in [-0.25, -0.2) is 4.98 Å². The molecule has 0 amide bonds. The van der Waals surface area contributed by atoms with Gasteiger partial charge in [-0.3, -0.25) is 9.47 Å². The molecule has 0 radical (unpaired) electrons. The normalized spacial score (nSPS) is 22.7. The SMILES string of the molecule is c1ccc2c(c1)ncn2-c1ccc(OCC2CN2CC2CC2)cc1. The van der Waals surface area contributed by atoms with Crippen LogP contribution >= 0.6 is 0 Å². The summed E-state index contributed by atoms with van der Waals surface area (Å²) in [7, 11) is 0. The van der Waals surface area contributed by atoms with Crippen LogP contribution in [0.3, 0.4) is 0 Å². The van der Waals surface area contributed by atoms with Crippen molar-refractivity contribution >= 4 is 11.0 Å². The highest BCUT2D eigenvalue weighted by atomic mass is 16.5. The molecule has 2 aliphatic rings. The molecule has 2 aromatic carbocycles. The summed E-state index contributed by atoms with van der Waals surface area (Å²) < 4.78 is 8.06. The Balaban J connectivity index is 1.24. The molecule has 1 saturated heterocycles. The molecule has 3 aromatic rings. The van der Waals surface area contributed by atoms with E-state index in [2.05, 4.69) is 44.8 Å². The monoisotopic (exact) mass is 319 g/mol. The Morgan fingerprint density at radius 3 is 2.71 bits per heavy atom. The van der Waals surface area contributed by atoms with Crippen molar-refractivity contribution in [3.05, 3.63) is 54.9 Å². The van der Waals surface area contributed by atoms with Gasteiger partial charge < -0.3 is 4.74 Å². The second-order valence-electron chi connectivity index (χ2n) is 6.96. The van der Waals surface area contributed by atoms with E-state index in [0.717, 1.165) is 35.0 Å². The number of aromatic nitrogens is 2. The first-order valence-corrected chi connectivity index (χ1v) is 8.76. The third-order valence-electron chi connectivity index (χ3n) is 5.03. The van der Waals surface area contributed by atoms with Crippen LogP contribution in [-0.4, -0.2) is 40.2 Å². The lowest BCUT2D eigenvalue weighted by Crippen LogP contribution is -2.12. The van der Waals surface area contributed by atoms with Crippen LogP contribution < -0.4 is 4.74 Å². The molecule has 1 aliphatic carbocycles. The lowest BCUT2D eigenvalue weighted by molar-refractivity contribution is 0.292. The Bertz CT molecular complexity index is 851. The molecule has 1 aliphatic heterocycles. The zero-order valence-electron chi connectivity index (χ0n) is 13.6. The lowest BCUT2D eigenvalue weighted by atomic mass is 10.2. The zero-order chi connectivity index (χ0) is 15.9. The highest BCUT2D eigenvalue weighted by Gasteiger charge is 2.38. The topological polar surface area (TPSA) is 30.1 Å². The number of benzene rings is 2. The fourth-order valence-electron chi connectivity index (χ4n) is 3.30. The van der Waals surface area contributed by atoms with Gasteiger partial charge >= 0.3 is 0 Å². The van der Waals surface area contributed by atoms with Gasteiger partial charge in [0, 0.05) is 18.8 Å². The first-order valence-electron chi connectivity index (χ1n) is 8.76. The van der Waals surface area contributed by atoms with Gasteiger partial charge in [0.1, 0.15) is 18.7 Å². The van der Waals surface area contributed by atoms with Crippen molar-refractivity contribution in [2.75, 3.05) is 19.7 Å². The van der Waals surface area contributed by atoms with Gasteiger partial charge in [-0.15, -0.1) is 0 Å². The van der Waals surface area contributed by atoms with Crippen LogP contribution in [0.15, 0.2) is 54.9 Å². The third kappa shape index (κ3) is 2.78. The molecule has 2 unspecified atom stereocenters. The maximum absolute atomic E-state index is 5.96. The summed E-state index contributed by atoms with van der Waals surface area (Å²) in [6, 6.07) is 17.1.